The summed E-state index contributed by atoms with van der Waals surface area (Å²) < 4.78 is 0. The first kappa shape index (κ1) is 18.6. The van der Waals surface area contributed by atoms with Crippen molar-refractivity contribution in [1.29, 1.82) is 0 Å². The zero-order chi connectivity index (χ0) is 17.7. The van der Waals surface area contributed by atoms with Crippen LogP contribution in [0.15, 0.2) is 42.0 Å². The van der Waals surface area contributed by atoms with Crippen LogP contribution in [0.4, 0.5) is 5.69 Å². The van der Waals surface area contributed by atoms with Crippen molar-refractivity contribution in [1.82, 2.24) is 5.32 Å². The smallest absolute Gasteiger partial charge is 0.224 e. The highest BCUT2D eigenvalue weighted by atomic mass is 16.2. The number of benzene rings is 1. The molecule has 2 atom stereocenters. The molecular weight excluding hydrogens is 296 g/mol. The van der Waals surface area contributed by atoms with Gasteiger partial charge in [0.1, 0.15) is 0 Å². The lowest BCUT2D eigenvalue weighted by Crippen LogP contribution is -2.28. The quantitative estimate of drug-likeness (QED) is 0.571. The molecule has 0 unspecified atom stereocenters. The number of hydrogen-bond donors (Lipinski definition) is 1. The van der Waals surface area contributed by atoms with Crippen molar-refractivity contribution in [3.63, 3.8) is 0 Å². The van der Waals surface area contributed by atoms with Crippen molar-refractivity contribution in [3.8, 4) is 0 Å². The number of carbonyl (C=O) groups is 1. The summed E-state index contributed by atoms with van der Waals surface area (Å²) in [5, 5.41) is 3.13. The SMILES string of the molecule is CC(C)=C[C@H]1[C@H](C(=O)NCCCCN(C)c2ccccc2)C1(C)C. The molecule has 3 nitrogen and oxygen atoms in total. The predicted molar refractivity (Wildman–Crippen MR) is 102 cm³/mol. The molecule has 0 aliphatic heterocycles. The number of allylic oxidation sites excluding steroid dienone is 2. The standard InChI is InChI=1S/C21H32N2O/c1-16(2)15-18-19(21(18,3)4)20(24)22-13-9-10-14-23(5)17-11-7-6-8-12-17/h6-8,11-12,15,18-19H,9-10,13-14H2,1-5H3,(H,22,24)/t18-,19+/m0/s1. The second kappa shape index (κ2) is 7.87. The minimum absolute atomic E-state index is 0.106. The maximum absolute atomic E-state index is 12.4. The highest BCUT2D eigenvalue weighted by Crippen LogP contribution is 2.59. The van der Waals surface area contributed by atoms with E-state index in [4.69, 9.17) is 0 Å². The van der Waals surface area contributed by atoms with Gasteiger partial charge in [-0.15, -0.1) is 0 Å². The van der Waals surface area contributed by atoms with Crippen LogP contribution in [0.1, 0.15) is 40.5 Å². The van der Waals surface area contributed by atoms with Gasteiger partial charge in [0.05, 0.1) is 5.92 Å². The topological polar surface area (TPSA) is 32.3 Å². The molecule has 1 aromatic rings. The molecule has 1 amide bonds. The molecule has 0 bridgehead atoms. The van der Waals surface area contributed by atoms with Gasteiger partial charge < -0.3 is 10.2 Å². The van der Waals surface area contributed by atoms with Crippen LogP contribution in [-0.2, 0) is 4.79 Å². The van der Waals surface area contributed by atoms with E-state index in [9.17, 15) is 4.79 Å². The summed E-state index contributed by atoms with van der Waals surface area (Å²) in [5.74, 6) is 0.755. The molecule has 1 aliphatic rings. The van der Waals surface area contributed by atoms with Gasteiger partial charge in [-0.1, -0.05) is 43.7 Å². The van der Waals surface area contributed by atoms with Crippen molar-refractivity contribution in [2.45, 2.75) is 40.5 Å². The van der Waals surface area contributed by atoms with E-state index in [-0.39, 0.29) is 17.2 Å². The highest BCUT2D eigenvalue weighted by molar-refractivity contribution is 5.83. The van der Waals surface area contributed by atoms with Gasteiger partial charge >= 0.3 is 0 Å². The fourth-order valence-electron chi connectivity index (χ4n) is 3.46. The Kier molecular flexibility index (Phi) is 6.09. The number of rotatable bonds is 8. The van der Waals surface area contributed by atoms with E-state index in [1.54, 1.807) is 0 Å². The first-order chi connectivity index (χ1) is 11.3. The Morgan fingerprint density at radius 2 is 1.88 bits per heavy atom. The average Bonchev–Trinajstić information content (AvgIpc) is 3.07. The van der Waals surface area contributed by atoms with E-state index in [0.29, 0.717) is 5.92 Å². The Morgan fingerprint density at radius 1 is 1.21 bits per heavy atom. The third kappa shape index (κ3) is 4.62. The number of nitrogens with zero attached hydrogens (tertiary/aromatic N) is 1. The van der Waals surface area contributed by atoms with Crippen LogP contribution in [0, 0.1) is 17.3 Å². The number of nitrogens with one attached hydrogen (secondary N) is 1. The second-order valence-electron chi connectivity index (χ2n) is 7.82. The Morgan fingerprint density at radius 3 is 2.50 bits per heavy atom. The molecule has 0 aromatic heterocycles. The third-order valence-corrected chi connectivity index (χ3v) is 5.12. The van der Waals surface area contributed by atoms with Crippen LogP contribution in [0.5, 0.6) is 0 Å². The number of carbonyl (C=O) groups excluding carboxylic acids is 1. The molecule has 1 fully saturated rings. The van der Waals surface area contributed by atoms with Gasteiger partial charge in [-0.3, -0.25) is 4.79 Å². The molecule has 0 heterocycles. The van der Waals surface area contributed by atoms with Crippen LogP contribution in [-0.4, -0.2) is 26.0 Å². The number of unbranched alkanes of at least 4 members (excludes halogenated alkanes) is 1. The van der Waals surface area contributed by atoms with Crippen molar-refractivity contribution in [2.24, 2.45) is 17.3 Å². The van der Waals surface area contributed by atoms with Gasteiger partial charge in [0.25, 0.3) is 0 Å². The first-order valence-electron chi connectivity index (χ1n) is 9.03. The van der Waals surface area contributed by atoms with Gasteiger partial charge in [-0.25, -0.2) is 0 Å². The minimum atomic E-state index is 0.106. The summed E-state index contributed by atoms with van der Waals surface area (Å²) in [4.78, 5) is 14.6. The minimum Gasteiger partial charge on any atom is -0.375 e. The van der Waals surface area contributed by atoms with Crippen LogP contribution >= 0.6 is 0 Å². The van der Waals surface area contributed by atoms with E-state index in [1.807, 2.05) is 6.07 Å². The average molecular weight is 328 g/mol. The van der Waals surface area contributed by atoms with E-state index in [0.717, 1.165) is 25.9 Å². The predicted octanol–water partition coefficient (Wildman–Crippen LogP) is 4.26. The third-order valence-electron chi connectivity index (χ3n) is 5.12. The summed E-state index contributed by atoms with van der Waals surface area (Å²) in [7, 11) is 2.12. The van der Waals surface area contributed by atoms with E-state index in [1.165, 1.54) is 11.3 Å². The van der Waals surface area contributed by atoms with Crippen LogP contribution < -0.4 is 10.2 Å². The van der Waals surface area contributed by atoms with E-state index < -0.39 is 0 Å². The molecule has 24 heavy (non-hydrogen) atoms. The monoisotopic (exact) mass is 328 g/mol. The van der Waals surface area contributed by atoms with Crippen molar-refractivity contribution < 1.29 is 4.79 Å². The molecule has 132 valence electrons. The highest BCUT2D eigenvalue weighted by Gasteiger charge is 2.60. The summed E-state index contributed by atoms with van der Waals surface area (Å²) in [6, 6.07) is 10.4. The summed E-state index contributed by atoms with van der Waals surface area (Å²) >= 11 is 0. The lowest BCUT2D eigenvalue weighted by atomic mass is 10.1. The van der Waals surface area contributed by atoms with Gasteiger partial charge in [-0.05, 0) is 50.2 Å². The number of hydrogen-bond acceptors (Lipinski definition) is 2. The lowest BCUT2D eigenvalue weighted by molar-refractivity contribution is -0.123. The molecule has 1 N–H and O–H groups in total. The van der Waals surface area contributed by atoms with Crippen molar-refractivity contribution in [2.75, 3.05) is 25.0 Å². The van der Waals surface area contributed by atoms with Crippen LogP contribution in [0.2, 0.25) is 0 Å². The summed E-state index contributed by atoms with van der Waals surface area (Å²) in [6.45, 7) is 10.4. The zero-order valence-corrected chi connectivity index (χ0v) is 15.8. The van der Waals surface area contributed by atoms with Crippen LogP contribution in [0.25, 0.3) is 0 Å². The molecule has 0 saturated heterocycles. The Labute approximate surface area is 147 Å². The molecular formula is C21H32N2O. The lowest BCUT2D eigenvalue weighted by Gasteiger charge is -2.19. The second-order valence-corrected chi connectivity index (χ2v) is 7.82. The van der Waals surface area contributed by atoms with Crippen molar-refractivity contribution in [3.05, 3.63) is 42.0 Å². The molecule has 1 saturated carbocycles. The maximum Gasteiger partial charge on any atom is 0.224 e. The Hall–Kier alpha value is -1.77. The summed E-state index contributed by atoms with van der Waals surface area (Å²) in [5.41, 5.74) is 2.65. The molecule has 0 spiro atoms. The first-order valence-corrected chi connectivity index (χ1v) is 9.03. The molecule has 1 aromatic carbocycles. The van der Waals surface area contributed by atoms with Gasteiger partial charge in [0.15, 0.2) is 0 Å². The van der Waals surface area contributed by atoms with Gasteiger partial charge in [0.2, 0.25) is 5.91 Å². The Balaban J connectivity index is 1.66. The van der Waals surface area contributed by atoms with Crippen LogP contribution in [0.3, 0.4) is 0 Å². The molecule has 2 rings (SSSR count). The molecule has 0 radical (unpaired) electrons. The fourth-order valence-corrected chi connectivity index (χ4v) is 3.46. The van der Waals surface area contributed by atoms with E-state index >= 15 is 0 Å². The largest absolute Gasteiger partial charge is 0.375 e. The number of anilines is 1. The normalized spacial score (nSPS) is 21.0. The Bertz CT molecular complexity index is 573. The van der Waals surface area contributed by atoms with E-state index in [2.05, 4.69) is 75.3 Å². The maximum atomic E-state index is 12.4. The number of para-hydroxylation sites is 1. The number of amides is 1. The molecule has 3 heteroatoms. The van der Waals surface area contributed by atoms with Gasteiger partial charge in [0, 0.05) is 25.8 Å². The zero-order valence-electron chi connectivity index (χ0n) is 15.8. The summed E-state index contributed by atoms with van der Waals surface area (Å²) in [6.07, 6.45) is 4.35. The van der Waals surface area contributed by atoms with Gasteiger partial charge in [-0.2, -0.15) is 0 Å². The molecule has 1 aliphatic carbocycles. The fraction of sp³-hybridized carbons (Fsp3) is 0.571. The van der Waals surface area contributed by atoms with Crippen molar-refractivity contribution >= 4 is 11.6 Å².